The van der Waals surface area contributed by atoms with Crippen LogP contribution in [0.5, 0.6) is 0 Å². The highest BCUT2D eigenvalue weighted by Crippen LogP contribution is 2.12. The van der Waals surface area contributed by atoms with Gasteiger partial charge >= 0.3 is 11.9 Å². The van der Waals surface area contributed by atoms with Crippen LogP contribution in [0.2, 0.25) is 0 Å². The number of unbranched alkanes of at least 4 members (excludes halogenated alkanes) is 13. The van der Waals surface area contributed by atoms with Crippen LogP contribution in [0.4, 0.5) is 0 Å². The fourth-order valence-electron chi connectivity index (χ4n) is 3.02. The van der Waals surface area contributed by atoms with Crippen molar-refractivity contribution in [3.8, 4) is 0 Å². The molecule has 0 amide bonds. The highest BCUT2D eigenvalue weighted by molar-refractivity contribution is 5.77. The monoisotopic (exact) mass is 384 g/mol. The lowest BCUT2D eigenvalue weighted by Gasteiger charge is -2.06. The van der Waals surface area contributed by atoms with Gasteiger partial charge in [-0.05, 0) is 12.8 Å². The van der Waals surface area contributed by atoms with Crippen molar-refractivity contribution in [3.05, 3.63) is 0 Å². The molecule has 0 aromatic heterocycles. The van der Waals surface area contributed by atoms with E-state index in [9.17, 15) is 9.59 Å². The van der Waals surface area contributed by atoms with Crippen molar-refractivity contribution in [1.82, 2.24) is 0 Å². The van der Waals surface area contributed by atoms with Crippen molar-refractivity contribution in [2.24, 2.45) is 0 Å². The van der Waals surface area contributed by atoms with E-state index in [2.05, 4.69) is 13.8 Å². The fourth-order valence-corrected chi connectivity index (χ4v) is 3.02. The third-order valence-electron chi connectivity index (χ3n) is 4.81. The van der Waals surface area contributed by atoms with E-state index < -0.39 is 0 Å². The van der Waals surface area contributed by atoms with E-state index in [0.29, 0.717) is 13.2 Å². The number of carbonyl (C=O) groups excluding carboxylic acids is 2. The van der Waals surface area contributed by atoms with Gasteiger partial charge in [-0.3, -0.25) is 9.59 Å². The normalized spacial score (nSPS) is 10.7. The Morgan fingerprint density at radius 3 is 1.19 bits per heavy atom. The quantitative estimate of drug-likeness (QED) is 0.172. The molecule has 0 bridgehead atoms. The van der Waals surface area contributed by atoms with Crippen LogP contribution >= 0.6 is 0 Å². The summed E-state index contributed by atoms with van der Waals surface area (Å²) in [6.07, 6.45) is 18.8. The summed E-state index contributed by atoms with van der Waals surface area (Å²) < 4.78 is 10.3. The predicted molar refractivity (Wildman–Crippen MR) is 112 cm³/mol. The van der Waals surface area contributed by atoms with Gasteiger partial charge in [0.25, 0.3) is 0 Å². The topological polar surface area (TPSA) is 52.6 Å². The van der Waals surface area contributed by atoms with Gasteiger partial charge in [0.1, 0.15) is 0 Å². The maximum atomic E-state index is 11.6. The summed E-state index contributed by atoms with van der Waals surface area (Å²) in [5.41, 5.74) is 0. The van der Waals surface area contributed by atoms with Gasteiger partial charge in [-0.1, -0.05) is 97.3 Å². The largest absolute Gasteiger partial charge is 0.466 e. The Balaban J connectivity index is 3.26. The van der Waals surface area contributed by atoms with Gasteiger partial charge in [0.05, 0.1) is 26.1 Å². The molecular weight excluding hydrogens is 340 g/mol. The molecular formula is C23H44O4. The lowest BCUT2D eigenvalue weighted by molar-refractivity contribution is -0.150. The molecule has 0 aliphatic heterocycles. The minimum Gasteiger partial charge on any atom is -0.466 e. The molecule has 0 saturated carbocycles. The molecule has 0 rings (SSSR count). The lowest BCUT2D eigenvalue weighted by Crippen LogP contribution is -2.11. The van der Waals surface area contributed by atoms with Crippen LogP contribution in [-0.4, -0.2) is 25.2 Å². The Labute approximate surface area is 167 Å². The molecule has 0 radical (unpaired) electrons. The number of ether oxygens (including phenoxy) is 2. The molecule has 0 aliphatic rings. The summed E-state index contributed by atoms with van der Waals surface area (Å²) in [5, 5.41) is 0. The first-order valence-corrected chi connectivity index (χ1v) is 11.5. The molecule has 4 nitrogen and oxygen atoms in total. The van der Waals surface area contributed by atoms with Gasteiger partial charge in [0.2, 0.25) is 0 Å². The minimum absolute atomic E-state index is 0.128. The molecule has 0 aromatic carbocycles. The maximum absolute atomic E-state index is 11.6. The zero-order valence-corrected chi connectivity index (χ0v) is 18.1. The second-order valence-corrected chi connectivity index (χ2v) is 7.54. The van der Waals surface area contributed by atoms with E-state index in [1.165, 1.54) is 64.2 Å². The van der Waals surface area contributed by atoms with Gasteiger partial charge < -0.3 is 9.47 Å². The molecule has 0 spiro atoms. The van der Waals surface area contributed by atoms with Crippen LogP contribution in [0.25, 0.3) is 0 Å². The third kappa shape index (κ3) is 21.1. The summed E-state index contributed by atoms with van der Waals surface area (Å²) in [4.78, 5) is 23.1. The Morgan fingerprint density at radius 1 is 0.481 bits per heavy atom. The van der Waals surface area contributed by atoms with Crippen LogP contribution < -0.4 is 0 Å². The van der Waals surface area contributed by atoms with Gasteiger partial charge in [-0.25, -0.2) is 0 Å². The first-order chi connectivity index (χ1) is 13.2. The average molecular weight is 385 g/mol. The molecule has 0 saturated heterocycles. The molecule has 160 valence electrons. The molecule has 0 atom stereocenters. The highest BCUT2D eigenvalue weighted by atomic mass is 16.5. The van der Waals surface area contributed by atoms with Crippen molar-refractivity contribution >= 4 is 11.9 Å². The van der Waals surface area contributed by atoms with Crippen molar-refractivity contribution in [3.63, 3.8) is 0 Å². The van der Waals surface area contributed by atoms with E-state index in [-0.39, 0.29) is 24.8 Å². The summed E-state index contributed by atoms with van der Waals surface area (Å²) in [7, 11) is 0. The number of hydrogen-bond acceptors (Lipinski definition) is 4. The first kappa shape index (κ1) is 25.9. The minimum atomic E-state index is -0.298. The molecule has 0 N–H and O–H groups in total. The van der Waals surface area contributed by atoms with Crippen LogP contribution in [0.15, 0.2) is 0 Å². The Morgan fingerprint density at radius 2 is 0.778 bits per heavy atom. The van der Waals surface area contributed by atoms with Crippen LogP contribution in [0.3, 0.4) is 0 Å². The number of hydrogen-bond donors (Lipinski definition) is 0. The second-order valence-electron chi connectivity index (χ2n) is 7.54. The molecule has 0 heterocycles. The second kappa shape index (κ2) is 21.2. The number of esters is 2. The van der Waals surface area contributed by atoms with E-state index in [1.54, 1.807) is 0 Å². The highest BCUT2D eigenvalue weighted by Gasteiger charge is 2.08. The Bertz CT molecular complexity index is 341. The molecule has 0 aromatic rings. The summed E-state index contributed by atoms with van der Waals surface area (Å²) in [5.74, 6) is -0.586. The average Bonchev–Trinajstić information content (AvgIpc) is 2.67. The smallest absolute Gasteiger partial charge is 0.306 e. The predicted octanol–water partition coefficient (Wildman–Crippen LogP) is 6.74. The van der Waals surface area contributed by atoms with Gasteiger partial charge in [-0.15, -0.1) is 0 Å². The fraction of sp³-hybridized carbons (Fsp3) is 0.913. The van der Waals surface area contributed by atoms with Crippen LogP contribution in [0, 0.1) is 0 Å². The lowest BCUT2D eigenvalue weighted by atomic mass is 10.1. The van der Waals surface area contributed by atoms with Crippen molar-refractivity contribution in [2.75, 3.05) is 13.2 Å². The van der Waals surface area contributed by atoms with Crippen LogP contribution in [-0.2, 0) is 19.1 Å². The zero-order valence-electron chi connectivity index (χ0n) is 18.1. The van der Waals surface area contributed by atoms with E-state index in [4.69, 9.17) is 9.47 Å². The van der Waals surface area contributed by atoms with Gasteiger partial charge in [0, 0.05) is 0 Å². The van der Waals surface area contributed by atoms with E-state index in [1.807, 2.05) is 0 Å². The third-order valence-corrected chi connectivity index (χ3v) is 4.81. The van der Waals surface area contributed by atoms with Gasteiger partial charge in [-0.2, -0.15) is 0 Å². The first-order valence-electron chi connectivity index (χ1n) is 11.5. The standard InChI is InChI=1S/C23H44O4/c1-3-5-7-8-9-10-11-12-13-14-15-17-21-27-23(25)19-18-22(24)26-20-16-6-4-2/h3-21H2,1-2H3. The molecule has 0 aliphatic carbocycles. The SMILES string of the molecule is CCCCCCCCCCCCCCOC(=O)CCC(=O)OCCCCC. The Kier molecular flexibility index (Phi) is 20.4. The van der Waals surface area contributed by atoms with Gasteiger partial charge in [0.15, 0.2) is 0 Å². The van der Waals surface area contributed by atoms with Crippen LogP contribution in [0.1, 0.15) is 123 Å². The number of rotatable bonds is 20. The van der Waals surface area contributed by atoms with Crippen molar-refractivity contribution in [2.45, 2.75) is 123 Å². The maximum Gasteiger partial charge on any atom is 0.306 e. The summed E-state index contributed by atoms with van der Waals surface area (Å²) in [6.45, 7) is 5.30. The number of carbonyl (C=O) groups is 2. The zero-order chi connectivity index (χ0) is 20.0. The molecule has 4 heteroatoms. The van der Waals surface area contributed by atoms with E-state index in [0.717, 1.165) is 32.1 Å². The summed E-state index contributed by atoms with van der Waals surface area (Å²) >= 11 is 0. The summed E-state index contributed by atoms with van der Waals surface area (Å²) in [6, 6.07) is 0. The van der Waals surface area contributed by atoms with Crippen molar-refractivity contribution in [1.29, 1.82) is 0 Å². The molecule has 0 fully saturated rings. The van der Waals surface area contributed by atoms with E-state index >= 15 is 0 Å². The Hall–Kier alpha value is -1.06. The molecule has 27 heavy (non-hydrogen) atoms. The molecule has 0 unspecified atom stereocenters. The van der Waals surface area contributed by atoms with Crippen molar-refractivity contribution < 1.29 is 19.1 Å².